The number of aromatic nitrogens is 6. The Bertz CT molecular complexity index is 1620. The van der Waals surface area contributed by atoms with Crippen molar-refractivity contribution in [3.8, 4) is 11.3 Å². The van der Waals surface area contributed by atoms with Gasteiger partial charge in [0, 0.05) is 37.1 Å². The number of pyridine rings is 2. The fourth-order valence-corrected chi connectivity index (χ4v) is 5.04. The van der Waals surface area contributed by atoms with Gasteiger partial charge in [0.1, 0.15) is 12.1 Å². The van der Waals surface area contributed by atoms with Crippen molar-refractivity contribution in [1.82, 2.24) is 34.2 Å². The zero-order valence-corrected chi connectivity index (χ0v) is 18.6. The maximum Gasteiger partial charge on any atom is 0.329 e. The van der Waals surface area contributed by atoms with Crippen LogP contribution in [0.5, 0.6) is 0 Å². The number of carbonyl (C=O) groups is 1. The molecule has 4 aromatic heterocycles. The number of benzene rings is 1. The average Bonchev–Trinajstić information content (AvgIpc) is 3.46. The number of carbonyl (C=O) groups excluding carboxylic acids is 1. The second-order valence-corrected chi connectivity index (χ2v) is 8.67. The largest absolute Gasteiger partial charge is 0.387 e. The van der Waals surface area contributed by atoms with Crippen molar-refractivity contribution < 1.29 is 9.90 Å². The number of rotatable bonds is 3. The molecule has 1 aliphatic rings. The topological polar surface area (TPSA) is 122 Å². The van der Waals surface area contributed by atoms with E-state index in [1.165, 1.54) is 0 Å². The van der Waals surface area contributed by atoms with Gasteiger partial charge in [-0.15, -0.1) is 0 Å². The highest BCUT2D eigenvalue weighted by Crippen LogP contribution is 2.32. The second kappa shape index (κ2) is 7.77. The molecule has 5 aromatic rings. The smallest absolute Gasteiger partial charge is 0.329 e. The van der Waals surface area contributed by atoms with E-state index in [4.69, 9.17) is 4.98 Å². The fourth-order valence-electron chi connectivity index (χ4n) is 5.04. The van der Waals surface area contributed by atoms with Gasteiger partial charge >= 0.3 is 5.69 Å². The van der Waals surface area contributed by atoms with Crippen LogP contribution in [-0.2, 0) is 11.8 Å². The molecular formula is C24H23N7O3. The number of fused-ring (bicyclic) bond motifs is 4. The molecule has 10 heteroatoms. The summed E-state index contributed by atoms with van der Waals surface area (Å²) in [5.41, 5.74) is 5.39. The number of likely N-dealkylation sites (tertiary alicyclic amines) is 1. The number of imidazole rings is 1. The molecule has 172 valence electrons. The molecule has 0 spiro atoms. The van der Waals surface area contributed by atoms with Crippen LogP contribution < -0.4 is 5.69 Å². The van der Waals surface area contributed by atoms with Gasteiger partial charge in [-0.3, -0.25) is 24.0 Å². The number of amides is 1. The molecule has 0 bridgehead atoms. The van der Waals surface area contributed by atoms with Crippen LogP contribution in [0.1, 0.15) is 18.9 Å². The van der Waals surface area contributed by atoms with Gasteiger partial charge in [0.15, 0.2) is 0 Å². The van der Waals surface area contributed by atoms with E-state index in [0.717, 1.165) is 33.2 Å². The summed E-state index contributed by atoms with van der Waals surface area (Å²) < 4.78 is 3.42. The molecule has 1 aromatic carbocycles. The van der Waals surface area contributed by atoms with Crippen LogP contribution >= 0.6 is 0 Å². The Kier molecular flexibility index (Phi) is 4.70. The molecule has 0 saturated carbocycles. The summed E-state index contributed by atoms with van der Waals surface area (Å²) in [5, 5.41) is 17.3. The lowest BCUT2D eigenvalue weighted by atomic mass is 10.0. The summed E-state index contributed by atoms with van der Waals surface area (Å²) in [7, 11) is 1.75. The highest BCUT2D eigenvalue weighted by Gasteiger charge is 2.28. The summed E-state index contributed by atoms with van der Waals surface area (Å²) in [5.74, 6) is -0.280. The molecule has 2 N–H and O–H groups in total. The van der Waals surface area contributed by atoms with Gasteiger partial charge in [0.25, 0.3) is 0 Å². The molecule has 0 radical (unpaired) electrons. The molecule has 1 fully saturated rings. The van der Waals surface area contributed by atoms with Gasteiger partial charge in [-0.1, -0.05) is 12.1 Å². The van der Waals surface area contributed by atoms with E-state index in [0.29, 0.717) is 37.0 Å². The van der Waals surface area contributed by atoms with E-state index in [1.807, 2.05) is 34.9 Å². The van der Waals surface area contributed by atoms with Crippen molar-refractivity contribution in [2.45, 2.75) is 18.9 Å². The van der Waals surface area contributed by atoms with Crippen molar-refractivity contribution in [2.75, 3.05) is 19.7 Å². The number of aromatic amines is 1. The van der Waals surface area contributed by atoms with Gasteiger partial charge in [-0.05, 0) is 31.0 Å². The number of nitrogens with zero attached hydrogens (tertiary/aromatic N) is 6. The lowest BCUT2D eigenvalue weighted by Crippen LogP contribution is -2.42. The summed E-state index contributed by atoms with van der Waals surface area (Å²) >= 11 is 0. The first-order valence-corrected chi connectivity index (χ1v) is 11.2. The van der Waals surface area contributed by atoms with Crippen molar-refractivity contribution in [3.05, 3.63) is 53.2 Å². The Balaban J connectivity index is 1.53. The van der Waals surface area contributed by atoms with Gasteiger partial charge < -0.3 is 10.0 Å². The molecule has 0 aliphatic carbocycles. The Labute approximate surface area is 193 Å². The van der Waals surface area contributed by atoms with Gasteiger partial charge in [0.2, 0.25) is 5.91 Å². The first-order chi connectivity index (χ1) is 16.6. The minimum absolute atomic E-state index is 0.0766. The van der Waals surface area contributed by atoms with Crippen LogP contribution in [0.3, 0.4) is 0 Å². The second-order valence-electron chi connectivity index (χ2n) is 8.67. The van der Waals surface area contributed by atoms with E-state index in [2.05, 4.69) is 15.2 Å². The van der Waals surface area contributed by atoms with Crippen LogP contribution in [0.4, 0.5) is 0 Å². The molecule has 5 heterocycles. The molecular weight excluding hydrogens is 434 g/mol. The lowest BCUT2D eigenvalue weighted by molar-refractivity contribution is -0.135. The molecule has 6 rings (SSSR count). The van der Waals surface area contributed by atoms with E-state index in [1.54, 1.807) is 28.9 Å². The zero-order chi connectivity index (χ0) is 23.4. The maximum atomic E-state index is 13.3. The maximum absolute atomic E-state index is 13.3. The highest BCUT2D eigenvalue weighted by atomic mass is 16.3. The average molecular weight is 457 g/mol. The Morgan fingerprint density at radius 1 is 1.18 bits per heavy atom. The summed E-state index contributed by atoms with van der Waals surface area (Å²) in [6, 6.07) is 9.72. The Hall–Kier alpha value is -4.05. The predicted octanol–water partition coefficient (Wildman–Crippen LogP) is 1.98. The summed E-state index contributed by atoms with van der Waals surface area (Å²) in [6.07, 6.45) is 4.76. The number of aliphatic hydroxyl groups is 1. The van der Waals surface area contributed by atoms with Crippen LogP contribution in [0, 0.1) is 0 Å². The first kappa shape index (κ1) is 20.5. The highest BCUT2D eigenvalue weighted by molar-refractivity contribution is 6.02. The van der Waals surface area contributed by atoms with Crippen molar-refractivity contribution in [2.24, 2.45) is 7.05 Å². The summed E-state index contributed by atoms with van der Waals surface area (Å²) in [4.78, 5) is 36.4. The number of aliphatic hydroxyl groups excluding tert-OH is 1. The van der Waals surface area contributed by atoms with E-state index < -0.39 is 6.61 Å². The standard InChI is InChI=1S/C24H23N7O3/c1-29-20-12-25-19-6-5-17(15-3-2-4-18-16(15)11-26-28-18)27-22(19)23(20)31(24(29)34)14-7-9-30(10-8-14)21(33)13-32/h2-6,11-12,14,32H,7-10,13H2,1H3,(H,26,28). The molecule has 0 atom stereocenters. The number of H-pyrrole nitrogens is 1. The van der Waals surface area contributed by atoms with E-state index >= 15 is 0 Å². The predicted molar refractivity (Wildman–Crippen MR) is 127 cm³/mol. The minimum Gasteiger partial charge on any atom is -0.387 e. The van der Waals surface area contributed by atoms with Gasteiger partial charge in [0.05, 0.1) is 40.2 Å². The van der Waals surface area contributed by atoms with Crippen LogP contribution in [-0.4, -0.2) is 64.9 Å². The third-order valence-electron chi connectivity index (χ3n) is 6.84. The number of nitrogens with one attached hydrogen (secondary N) is 1. The lowest BCUT2D eigenvalue weighted by Gasteiger charge is -2.32. The molecule has 1 amide bonds. The van der Waals surface area contributed by atoms with Crippen molar-refractivity contribution >= 4 is 38.9 Å². The van der Waals surface area contributed by atoms with Crippen LogP contribution in [0.25, 0.3) is 44.2 Å². The first-order valence-electron chi connectivity index (χ1n) is 11.2. The quantitative estimate of drug-likeness (QED) is 0.427. The SMILES string of the molecule is Cn1c(=O)n(C2CCN(C(=O)CO)CC2)c2c3nc(-c4cccc5[nH]ncc45)ccc3ncc21. The van der Waals surface area contributed by atoms with Crippen molar-refractivity contribution in [1.29, 1.82) is 0 Å². The molecule has 1 saturated heterocycles. The van der Waals surface area contributed by atoms with Crippen LogP contribution in [0.2, 0.25) is 0 Å². The van der Waals surface area contributed by atoms with Gasteiger partial charge in [-0.25, -0.2) is 9.78 Å². The Morgan fingerprint density at radius 2 is 2.00 bits per heavy atom. The normalized spacial score (nSPS) is 15.1. The molecule has 1 aliphatic heterocycles. The number of hydrogen-bond acceptors (Lipinski definition) is 6. The third kappa shape index (κ3) is 3.02. The van der Waals surface area contributed by atoms with E-state index in [9.17, 15) is 14.7 Å². The fraction of sp³-hybridized carbons (Fsp3) is 0.292. The van der Waals surface area contributed by atoms with Crippen LogP contribution in [0.15, 0.2) is 47.5 Å². The minimum atomic E-state index is -0.495. The van der Waals surface area contributed by atoms with Crippen molar-refractivity contribution in [3.63, 3.8) is 0 Å². The zero-order valence-electron chi connectivity index (χ0n) is 18.6. The molecule has 10 nitrogen and oxygen atoms in total. The monoisotopic (exact) mass is 457 g/mol. The number of aryl methyl sites for hydroxylation is 1. The molecule has 34 heavy (non-hydrogen) atoms. The molecule has 0 unspecified atom stereocenters. The summed E-state index contributed by atoms with van der Waals surface area (Å²) in [6.45, 7) is 0.499. The number of piperidine rings is 1. The Morgan fingerprint density at radius 3 is 2.79 bits per heavy atom. The van der Waals surface area contributed by atoms with E-state index in [-0.39, 0.29) is 17.6 Å². The third-order valence-corrected chi connectivity index (χ3v) is 6.84. The van der Waals surface area contributed by atoms with Gasteiger partial charge in [-0.2, -0.15) is 5.10 Å². The number of hydrogen-bond donors (Lipinski definition) is 2.